The van der Waals surface area contributed by atoms with Gasteiger partial charge in [-0.2, -0.15) is 0 Å². The highest BCUT2D eigenvalue weighted by atomic mass is 16.2. The number of hydrogen-bond donors (Lipinski definition) is 0. The molecule has 110 valence electrons. The summed E-state index contributed by atoms with van der Waals surface area (Å²) >= 11 is 0. The van der Waals surface area contributed by atoms with Gasteiger partial charge in [-0.25, -0.2) is 0 Å². The van der Waals surface area contributed by atoms with Gasteiger partial charge in [0.2, 0.25) is 5.91 Å². The molecule has 1 aliphatic heterocycles. The maximum Gasteiger partial charge on any atom is 0.242 e. The maximum absolute atomic E-state index is 12.4. The molecular weight excluding hydrogens is 266 g/mol. The van der Waals surface area contributed by atoms with E-state index in [1.807, 2.05) is 33.9 Å². The predicted molar refractivity (Wildman–Crippen MR) is 81.4 cm³/mol. The van der Waals surface area contributed by atoms with Gasteiger partial charge in [0.05, 0.1) is 0 Å². The molecule has 21 heavy (non-hydrogen) atoms. The first kappa shape index (κ1) is 13.8. The second kappa shape index (κ2) is 5.69. The van der Waals surface area contributed by atoms with Crippen molar-refractivity contribution in [2.24, 2.45) is 0 Å². The highest BCUT2D eigenvalue weighted by Gasteiger charge is 2.19. The molecule has 1 aromatic carbocycles. The average molecular weight is 285 g/mol. The zero-order valence-corrected chi connectivity index (χ0v) is 12.2. The number of amides is 1. The van der Waals surface area contributed by atoms with Gasteiger partial charge in [-0.05, 0) is 31.3 Å². The van der Waals surface area contributed by atoms with Gasteiger partial charge < -0.3 is 14.4 Å². The van der Waals surface area contributed by atoms with Gasteiger partial charge >= 0.3 is 0 Å². The van der Waals surface area contributed by atoms with Gasteiger partial charge in [-0.3, -0.25) is 9.59 Å². The van der Waals surface area contributed by atoms with Gasteiger partial charge in [0.15, 0.2) is 0 Å². The summed E-state index contributed by atoms with van der Waals surface area (Å²) in [5.74, 6) is 0.153. The fourth-order valence-corrected chi connectivity index (χ4v) is 2.73. The highest BCUT2D eigenvalue weighted by Crippen LogP contribution is 2.17. The van der Waals surface area contributed by atoms with Crippen LogP contribution < -0.4 is 0 Å². The second-order valence-electron chi connectivity index (χ2n) is 5.56. The molecule has 0 N–H and O–H groups in total. The molecule has 1 fully saturated rings. The van der Waals surface area contributed by atoms with Gasteiger partial charge in [-0.1, -0.05) is 0 Å². The van der Waals surface area contributed by atoms with Crippen molar-refractivity contribution in [3.05, 3.63) is 36.0 Å². The van der Waals surface area contributed by atoms with Gasteiger partial charge in [0.1, 0.15) is 12.8 Å². The van der Waals surface area contributed by atoms with Crippen LogP contribution in [-0.4, -0.2) is 59.8 Å². The number of nitrogens with zero attached hydrogens (tertiary/aromatic N) is 3. The number of carbonyl (C=O) groups is 2. The van der Waals surface area contributed by atoms with Crippen LogP contribution in [-0.2, 0) is 11.3 Å². The minimum absolute atomic E-state index is 0.153. The number of hydrogen-bond acceptors (Lipinski definition) is 3. The van der Waals surface area contributed by atoms with Crippen molar-refractivity contribution in [1.82, 2.24) is 14.4 Å². The van der Waals surface area contributed by atoms with Crippen molar-refractivity contribution in [3.63, 3.8) is 0 Å². The van der Waals surface area contributed by atoms with E-state index in [0.29, 0.717) is 12.1 Å². The Kier molecular flexibility index (Phi) is 3.75. The summed E-state index contributed by atoms with van der Waals surface area (Å²) in [6.07, 6.45) is 2.75. The summed E-state index contributed by atoms with van der Waals surface area (Å²) in [6, 6.07) is 7.47. The lowest BCUT2D eigenvalue weighted by Crippen LogP contribution is -2.48. The monoisotopic (exact) mass is 285 g/mol. The molecule has 1 saturated heterocycles. The Morgan fingerprint density at radius 2 is 1.95 bits per heavy atom. The minimum Gasteiger partial charge on any atom is -0.339 e. The lowest BCUT2D eigenvalue weighted by Gasteiger charge is -2.32. The molecule has 1 aromatic heterocycles. The smallest absolute Gasteiger partial charge is 0.242 e. The number of piperazine rings is 1. The van der Waals surface area contributed by atoms with Crippen LogP contribution in [0.2, 0.25) is 0 Å². The Hall–Kier alpha value is -2.14. The summed E-state index contributed by atoms with van der Waals surface area (Å²) in [5, 5.41) is 0.991. The third kappa shape index (κ3) is 2.83. The molecule has 0 unspecified atom stereocenters. The number of rotatable bonds is 3. The van der Waals surface area contributed by atoms with E-state index in [2.05, 4.69) is 11.9 Å². The fraction of sp³-hybridized carbons (Fsp3) is 0.375. The normalized spacial score (nSPS) is 16.3. The highest BCUT2D eigenvalue weighted by molar-refractivity contribution is 5.88. The third-order valence-corrected chi connectivity index (χ3v) is 4.09. The number of benzene rings is 1. The van der Waals surface area contributed by atoms with Crippen LogP contribution in [0.25, 0.3) is 10.9 Å². The molecule has 3 rings (SSSR count). The summed E-state index contributed by atoms with van der Waals surface area (Å²) in [6.45, 7) is 3.81. The summed E-state index contributed by atoms with van der Waals surface area (Å²) in [7, 11) is 2.08. The second-order valence-corrected chi connectivity index (χ2v) is 5.56. The van der Waals surface area contributed by atoms with E-state index >= 15 is 0 Å². The van der Waals surface area contributed by atoms with Crippen LogP contribution in [0, 0.1) is 0 Å². The van der Waals surface area contributed by atoms with E-state index in [-0.39, 0.29) is 5.91 Å². The first-order chi connectivity index (χ1) is 10.2. The number of carbonyl (C=O) groups excluding carboxylic acids is 2. The standard InChI is InChI=1S/C16H19N3O2/c1-17-6-8-18(9-7-17)16(21)11-19-5-4-14-10-13(12-20)2-3-15(14)19/h2-5,10,12H,6-9,11H2,1H3. The lowest BCUT2D eigenvalue weighted by molar-refractivity contribution is -0.133. The Morgan fingerprint density at radius 3 is 2.67 bits per heavy atom. The summed E-state index contributed by atoms with van der Waals surface area (Å²) in [5.41, 5.74) is 1.65. The Bertz CT molecular complexity index is 669. The molecule has 2 heterocycles. The maximum atomic E-state index is 12.4. The predicted octanol–water partition coefficient (Wildman–Crippen LogP) is 1.23. The topological polar surface area (TPSA) is 45.5 Å². The van der Waals surface area contributed by atoms with Gasteiger partial charge in [0, 0.05) is 48.8 Å². The Labute approximate surface area is 123 Å². The van der Waals surface area contributed by atoms with Crippen LogP contribution in [0.1, 0.15) is 10.4 Å². The number of aromatic nitrogens is 1. The molecule has 1 aliphatic rings. The molecule has 5 heteroatoms. The van der Waals surface area contributed by atoms with Crippen molar-refractivity contribution in [3.8, 4) is 0 Å². The third-order valence-electron chi connectivity index (χ3n) is 4.09. The molecule has 1 amide bonds. The molecular formula is C16H19N3O2. The quantitative estimate of drug-likeness (QED) is 0.797. The van der Waals surface area contributed by atoms with Gasteiger partial charge in [-0.15, -0.1) is 0 Å². The number of aldehydes is 1. The molecule has 5 nitrogen and oxygen atoms in total. The Balaban J connectivity index is 1.75. The van der Waals surface area contributed by atoms with Crippen molar-refractivity contribution in [2.75, 3.05) is 33.2 Å². The lowest BCUT2D eigenvalue weighted by atomic mass is 10.2. The summed E-state index contributed by atoms with van der Waals surface area (Å²) < 4.78 is 1.95. The van der Waals surface area contributed by atoms with E-state index < -0.39 is 0 Å². The van der Waals surface area contributed by atoms with Crippen molar-refractivity contribution in [2.45, 2.75) is 6.54 Å². The van der Waals surface area contributed by atoms with E-state index in [4.69, 9.17) is 0 Å². The molecule has 0 spiro atoms. The zero-order valence-electron chi connectivity index (χ0n) is 12.2. The molecule has 0 atom stereocenters. The van der Waals surface area contributed by atoms with Crippen LogP contribution in [0.4, 0.5) is 0 Å². The fourth-order valence-electron chi connectivity index (χ4n) is 2.73. The summed E-state index contributed by atoms with van der Waals surface area (Å²) in [4.78, 5) is 27.3. The van der Waals surface area contributed by atoms with E-state index in [0.717, 1.165) is 43.4 Å². The molecule has 0 saturated carbocycles. The van der Waals surface area contributed by atoms with Crippen molar-refractivity contribution < 1.29 is 9.59 Å². The van der Waals surface area contributed by atoms with Crippen molar-refractivity contribution in [1.29, 1.82) is 0 Å². The molecule has 2 aromatic rings. The first-order valence-electron chi connectivity index (χ1n) is 7.18. The van der Waals surface area contributed by atoms with Crippen LogP contribution in [0.5, 0.6) is 0 Å². The molecule has 0 bridgehead atoms. The van der Waals surface area contributed by atoms with E-state index in [9.17, 15) is 9.59 Å². The first-order valence-corrected chi connectivity index (χ1v) is 7.18. The SMILES string of the molecule is CN1CCN(C(=O)Cn2ccc3cc(C=O)ccc32)CC1. The minimum atomic E-state index is 0.153. The molecule has 0 radical (unpaired) electrons. The Morgan fingerprint density at radius 1 is 1.19 bits per heavy atom. The van der Waals surface area contributed by atoms with E-state index in [1.165, 1.54) is 0 Å². The van der Waals surface area contributed by atoms with Crippen LogP contribution in [0.3, 0.4) is 0 Å². The van der Waals surface area contributed by atoms with Crippen LogP contribution in [0.15, 0.2) is 30.5 Å². The van der Waals surface area contributed by atoms with Crippen molar-refractivity contribution >= 4 is 23.1 Å². The average Bonchev–Trinajstić information content (AvgIpc) is 2.90. The van der Waals surface area contributed by atoms with E-state index in [1.54, 1.807) is 6.07 Å². The van der Waals surface area contributed by atoms with Gasteiger partial charge in [0.25, 0.3) is 0 Å². The number of fused-ring (bicyclic) bond motifs is 1. The zero-order chi connectivity index (χ0) is 14.8. The van der Waals surface area contributed by atoms with Crippen LogP contribution >= 0.6 is 0 Å². The largest absolute Gasteiger partial charge is 0.339 e. The number of likely N-dealkylation sites (N-methyl/N-ethyl adjacent to an activating group) is 1. The molecule has 0 aliphatic carbocycles.